The van der Waals surface area contributed by atoms with Gasteiger partial charge in [-0.1, -0.05) is 122 Å². The van der Waals surface area contributed by atoms with Gasteiger partial charge in [0, 0.05) is 34.0 Å². The average Bonchev–Trinajstić information content (AvgIpc) is 3.10. The summed E-state index contributed by atoms with van der Waals surface area (Å²) in [4.78, 5) is 28.3. The van der Waals surface area contributed by atoms with E-state index in [1.54, 1.807) is 0 Å². The van der Waals surface area contributed by atoms with Crippen molar-refractivity contribution < 1.29 is 19.1 Å². The molecule has 0 unspecified atom stereocenters. The quantitative estimate of drug-likeness (QED) is 0.0774. The number of carbonyl (C=O) groups excluding carboxylic acids is 2. The molecule has 2 N–H and O–H groups in total. The lowest BCUT2D eigenvalue weighted by Gasteiger charge is -2.14. The van der Waals surface area contributed by atoms with Crippen molar-refractivity contribution in [2.75, 3.05) is 13.2 Å². The first-order valence-corrected chi connectivity index (χ1v) is 18.3. The number of carbonyl (C=O) groups is 2. The van der Waals surface area contributed by atoms with Gasteiger partial charge in [0.15, 0.2) is 0 Å². The molecule has 4 rings (SSSR count). The molecule has 0 saturated carbocycles. The van der Waals surface area contributed by atoms with Crippen molar-refractivity contribution in [1.29, 1.82) is 0 Å². The summed E-state index contributed by atoms with van der Waals surface area (Å²) in [6.07, 6.45) is 6.55. The Bertz CT molecular complexity index is 1430. The van der Waals surface area contributed by atoms with Gasteiger partial charge in [-0.05, 0) is 49.2 Å². The number of rotatable bonds is 19. The van der Waals surface area contributed by atoms with E-state index < -0.39 is 0 Å². The Hall–Kier alpha value is -3.88. The molecule has 0 aliphatic rings. The Morgan fingerprint density at radius 1 is 0.543 bits per heavy atom. The second-order valence-electron chi connectivity index (χ2n) is 10.9. The second-order valence-corrected chi connectivity index (χ2v) is 13.1. The van der Waals surface area contributed by atoms with Crippen LogP contribution >= 0.6 is 21.6 Å². The predicted octanol–water partition coefficient (Wildman–Crippen LogP) is 9.48. The first-order chi connectivity index (χ1) is 22.6. The van der Waals surface area contributed by atoms with Gasteiger partial charge in [-0.15, -0.1) is 0 Å². The molecule has 0 atom stereocenters. The molecule has 0 fully saturated rings. The summed E-state index contributed by atoms with van der Waals surface area (Å²) in [5.74, 6) is 1.28. The van der Waals surface area contributed by atoms with E-state index in [0.29, 0.717) is 37.4 Å². The lowest BCUT2D eigenvalue weighted by molar-refractivity contribution is 0.0939. The fourth-order valence-corrected chi connectivity index (χ4v) is 7.09. The molecule has 46 heavy (non-hydrogen) atoms. The van der Waals surface area contributed by atoms with E-state index in [9.17, 15) is 9.59 Å². The molecule has 2 amide bonds. The third-order valence-electron chi connectivity index (χ3n) is 7.32. The van der Waals surface area contributed by atoms with E-state index in [0.717, 1.165) is 70.9 Å². The fraction of sp³-hybridized carbons (Fsp3) is 0.316. The van der Waals surface area contributed by atoms with E-state index in [1.807, 2.05) is 97.1 Å². The van der Waals surface area contributed by atoms with Crippen LogP contribution in [-0.2, 0) is 13.1 Å². The van der Waals surface area contributed by atoms with Crippen molar-refractivity contribution in [3.8, 4) is 11.5 Å². The number of hydrogen-bond acceptors (Lipinski definition) is 6. The molecular formula is C38H44N2O4S2. The highest BCUT2D eigenvalue weighted by atomic mass is 33.1. The Morgan fingerprint density at radius 3 is 1.37 bits per heavy atom. The SMILES string of the molecule is CCCCCOc1ccccc1CNC(=O)c1ccccc1SSc1ccccc1C(=O)NCc1ccccc1OCCCCC. The van der Waals surface area contributed by atoms with Gasteiger partial charge in [0.25, 0.3) is 11.8 Å². The van der Waals surface area contributed by atoms with Gasteiger partial charge < -0.3 is 20.1 Å². The standard InChI is InChI=1S/C38H44N2O4S2/c1-3-5-15-25-43-33-21-11-7-17-29(33)27-39-37(41)31-19-9-13-23-35(31)45-46-36-24-14-10-20-32(36)38(42)40-28-30-18-8-12-22-34(30)44-26-16-6-4-2/h7-14,17-24H,3-6,15-16,25-28H2,1-2H3,(H,39,41)(H,40,42). The molecule has 0 saturated heterocycles. The van der Waals surface area contributed by atoms with Crippen LogP contribution in [0.25, 0.3) is 0 Å². The molecule has 6 nitrogen and oxygen atoms in total. The Morgan fingerprint density at radius 2 is 0.935 bits per heavy atom. The van der Waals surface area contributed by atoms with Crippen LogP contribution in [0.15, 0.2) is 107 Å². The number of unbranched alkanes of at least 4 members (excludes halogenated alkanes) is 4. The zero-order valence-corrected chi connectivity index (χ0v) is 28.4. The van der Waals surface area contributed by atoms with E-state index in [1.165, 1.54) is 21.6 Å². The summed E-state index contributed by atoms with van der Waals surface area (Å²) in [7, 11) is 2.92. The number of amides is 2. The summed E-state index contributed by atoms with van der Waals surface area (Å²) >= 11 is 0. The number of nitrogens with one attached hydrogen (secondary N) is 2. The predicted molar refractivity (Wildman–Crippen MR) is 190 cm³/mol. The van der Waals surface area contributed by atoms with Crippen LogP contribution < -0.4 is 20.1 Å². The van der Waals surface area contributed by atoms with Crippen molar-refractivity contribution in [3.63, 3.8) is 0 Å². The van der Waals surface area contributed by atoms with E-state index in [2.05, 4.69) is 24.5 Å². The van der Waals surface area contributed by atoms with E-state index in [4.69, 9.17) is 9.47 Å². The van der Waals surface area contributed by atoms with Crippen LogP contribution in [0.1, 0.15) is 84.2 Å². The van der Waals surface area contributed by atoms with E-state index >= 15 is 0 Å². The van der Waals surface area contributed by atoms with Crippen molar-refractivity contribution in [3.05, 3.63) is 119 Å². The van der Waals surface area contributed by atoms with Crippen LogP contribution in [-0.4, -0.2) is 25.0 Å². The zero-order chi connectivity index (χ0) is 32.4. The lowest BCUT2D eigenvalue weighted by Crippen LogP contribution is -2.24. The molecule has 0 heterocycles. The van der Waals surface area contributed by atoms with Gasteiger partial charge in [-0.3, -0.25) is 9.59 Å². The van der Waals surface area contributed by atoms with Gasteiger partial charge in [0.1, 0.15) is 11.5 Å². The molecule has 0 bridgehead atoms. The summed E-state index contributed by atoms with van der Waals surface area (Å²) in [6, 6.07) is 30.7. The maximum Gasteiger partial charge on any atom is 0.252 e. The summed E-state index contributed by atoms with van der Waals surface area (Å²) in [5, 5.41) is 6.13. The molecule has 0 spiro atoms. The second kappa shape index (κ2) is 19.6. The van der Waals surface area contributed by atoms with E-state index in [-0.39, 0.29) is 11.8 Å². The highest BCUT2D eigenvalue weighted by Gasteiger charge is 2.16. The fourth-order valence-electron chi connectivity index (χ4n) is 4.73. The Kier molecular flexibility index (Phi) is 14.9. The normalized spacial score (nSPS) is 10.7. The molecule has 242 valence electrons. The third-order valence-corrected chi connectivity index (χ3v) is 9.80. The van der Waals surface area contributed by atoms with Gasteiger partial charge in [-0.2, -0.15) is 0 Å². The molecule has 0 aliphatic carbocycles. The van der Waals surface area contributed by atoms with Crippen LogP contribution in [0.2, 0.25) is 0 Å². The summed E-state index contributed by atoms with van der Waals surface area (Å²) in [5.41, 5.74) is 3.05. The van der Waals surface area contributed by atoms with Gasteiger partial charge in [0.2, 0.25) is 0 Å². The first kappa shape index (κ1) is 35.0. The number of benzene rings is 4. The molecular weight excluding hydrogens is 613 g/mol. The Balaban J connectivity index is 1.36. The summed E-state index contributed by atoms with van der Waals surface area (Å²) in [6.45, 7) is 6.39. The maximum absolute atomic E-state index is 13.3. The number of ether oxygens (including phenoxy) is 2. The molecule has 4 aromatic carbocycles. The smallest absolute Gasteiger partial charge is 0.252 e. The van der Waals surface area contributed by atoms with Crippen LogP contribution in [0, 0.1) is 0 Å². The largest absolute Gasteiger partial charge is 0.493 e. The van der Waals surface area contributed by atoms with Crippen molar-refractivity contribution in [2.24, 2.45) is 0 Å². The zero-order valence-electron chi connectivity index (χ0n) is 26.8. The maximum atomic E-state index is 13.3. The summed E-state index contributed by atoms with van der Waals surface area (Å²) < 4.78 is 12.0. The number of para-hydroxylation sites is 2. The van der Waals surface area contributed by atoms with Crippen LogP contribution in [0.3, 0.4) is 0 Å². The van der Waals surface area contributed by atoms with Crippen molar-refractivity contribution >= 4 is 33.4 Å². The molecule has 0 radical (unpaired) electrons. The van der Waals surface area contributed by atoms with Crippen LogP contribution in [0.5, 0.6) is 11.5 Å². The van der Waals surface area contributed by atoms with Crippen molar-refractivity contribution in [2.45, 2.75) is 75.3 Å². The monoisotopic (exact) mass is 656 g/mol. The van der Waals surface area contributed by atoms with Gasteiger partial charge >= 0.3 is 0 Å². The average molecular weight is 657 g/mol. The molecule has 0 aliphatic heterocycles. The third kappa shape index (κ3) is 10.9. The highest BCUT2D eigenvalue weighted by molar-refractivity contribution is 8.76. The van der Waals surface area contributed by atoms with Gasteiger partial charge in [0.05, 0.1) is 24.3 Å². The first-order valence-electron chi connectivity index (χ1n) is 16.1. The van der Waals surface area contributed by atoms with Crippen LogP contribution in [0.4, 0.5) is 0 Å². The number of hydrogen-bond donors (Lipinski definition) is 2. The molecule has 4 aromatic rings. The minimum Gasteiger partial charge on any atom is -0.493 e. The topological polar surface area (TPSA) is 76.7 Å². The molecule has 8 heteroatoms. The highest BCUT2D eigenvalue weighted by Crippen LogP contribution is 2.40. The minimum atomic E-state index is -0.161. The lowest BCUT2D eigenvalue weighted by atomic mass is 10.1. The van der Waals surface area contributed by atoms with Crippen molar-refractivity contribution in [1.82, 2.24) is 10.6 Å². The van der Waals surface area contributed by atoms with Gasteiger partial charge in [-0.25, -0.2) is 0 Å². The Labute approximate surface area is 281 Å². The minimum absolute atomic E-state index is 0.161. The molecule has 0 aromatic heterocycles.